The lowest BCUT2D eigenvalue weighted by Gasteiger charge is -2.24. The first-order chi connectivity index (χ1) is 12.8. The highest BCUT2D eigenvalue weighted by atomic mass is 16.5. The fraction of sp³-hybridized carbons (Fsp3) is 0.350. The van der Waals surface area contributed by atoms with Crippen LogP contribution in [-0.2, 0) is 20.9 Å². The lowest BCUT2D eigenvalue weighted by atomic mass is 10.1. The van der Waals surface area contributed by atoms with Crippen molar-refractivity contribution in [2.24, 2.45) is 0 Å². The maximum Gasteiger partial charge on any atom is 0.246 e. The minimum atomic E-state index is -0.185. The summed E-state index contributed by atoms with van der Waals surface area (Å²) in [5, 5.41) is 2.80. The molecule has 0 aromatic heterocycles. The molecule has 1 heterocycles. The van der Waals surface area contributed by atoms with E-state index in [1.54, 1.807) is 7.11 Å². The molecule has 26 heavy (non-hydrogen) atoms. The van der Waals surface area contributed by atoms with Crippen molar-refractivity contribution in [3.8, 4) is 11.5 Å². The van der Waals surface area contributed by atoms with Crippen LogP contribution in [0.15, 0.2) is 48.5 Å². The molecule has 0 radical (unpaired) electrons. The summed E-state index contributed by atoms with van der Waals surface area (Å²) >= 11 is 0. The van der Waals surface area contributed by atoms with Crippen LogP contribution in [0.5, 0.6) is 11.5 Å². The summed E-state index contributed by atoms with van der Waals surface area (Å²) in [5.41, 5.74) is 2.06. The molecule has 1 atom stereocenters. The van der Waals surface area contributed by atoms with Gasteiger partial charge in [-0.15, -0.1) is 0 Å². The molecule has 1 fully saturated rings. The van der Waals surface area contributed by atoms with Crippen LogP contribution in [0.3, 0.4) is 0 Å². The lowest BCUT2D eigenvalue weighted by molar-refractivity contribution is -0.133. The first-order valence-corrected chi connectivity index (χ1v) is 8.57. The summed E-state index contributed by atoms with van der Waals surface area (Å²) in [7, 11) is 1.60. The van der Waals surface area contributed by atoms with Gasteiger partial charge in [0.25, 0.3) is 0 Å². The molecule has 6 heteroatoms. The van der Waals surface area contributed by atoms with Crippen molar-refractivity contribution in [1.82, 2.24) is 5.32 Å². The number of hydrogen-bond donors (Lipinski definition) is 1. The van der Waals surface area contributed by atoms with Crippen molar-refractivity contribution < 1.29 is 23.7 Å². The number of nitrogens with one attached hydrogen (secondary N) is 1. The summed E-state index contributed by atoms with van der Waals surface area (Å²) in [5.74, 6) is 1.19. The molecule has 1 amide bonds. The molecule has 0 bridgehead atoms. The van der Waals surface area contributed by atoms with E-state index >= 15 is 0 Å². The van der Waals surface area contributed by atoms with E-state index in [0.29, 0.717) is 37.9 Å². The SMILES string of the molecule is COc1ccc(C2CNC(=O)CO2)cc1OCCOCc1ccccc1. The molecule has 138 valence electrons. The van der Waals surface area contributed by atoms with E-state index < -0.39 is 0 Å². The van der Waals surface area contributed by atoms with E-state index in [-0.39, 0.29) is 18.6 Å². The predicted molar refractivity (Wildman–Crippen MR) is 96.3 cm³/mol. The third-order valence-electron chi connectivity index (χ3n) is 4.06. The Labute approximate surface area is 153 Å². The number of carbonyl (C=O) groups is 1. The van der Waals surface area contributed by atoms with Gasteiger partial charge < -0.3 is 24.3 Å². The summed E-state index contributed by atoms with van der Waals surface area (Å²) in [4.78, 5) is 11.2. The Morgan fingerprint density at radius 1 is 1.12 bits per heavy atom. The van der Waals surface area contributed by atoms with Gasteiger partial charge in [-0.25, -0.2) is 0 Å². The Balaban J connectivity index is 1.52. The highest BCUT2D eigenvalue weighted by Crippen LogP contribution is 2.31. The van der Waals surface area contributed by atoms with Crippen molar-refractivity contribution in [2.75, 3.05) is 33.5 Å². The van der Waals surface area contributed by atoms with Crippen molar-refractivity contribution in [2.45, 2.75) is 12.7 Å². The Hall–Kier alpha value is -2.57. The smallest absolute Gasteiger partial charge is 0.246 e. The minimum absolute atomic E-state index is 0.0697. The van der Waals surface area contributed by atoms with Crippen LogP contribution in [0.1, 0.15) is 17.2 Å². The quantitative estimate of drug-likeness (QED) is 0.735. The molecular weight excluding hydrogens is 334 g/mol. The summed E-state index contributed by atoms with van der Waals surface area (Å²) in [6, 6.07) is 15.6. The van der Waals surface area contributed by atoms with Gasteiger partial charge in [0, 0.05) is 6.54 Å². The molecule has 2 aromatic carbocycles. The zero-order valence-corrected chi connectivity index (χ0v) is 14.8. The average Bonchev–Trinajstić information content (AvgIpc) is 2.69. The number of amides is 1. The molecule has 1 aliphatic rings. The second-order valence-electron chi connectivity index (χ2n) is 5.90. The highest BCUT2D eigenvalue weighted by molar-refractivity contribution is 5.77. The molecule has 1 aliphatic heterocycles. The molecule has 1 N–H and O–H groups in total. The van der Waals surface area contributed by atoms with E-state index in [4.69, 9.17) is 18.9 Å². The third-order valence-corrected chi connectivity index (χ3v) is 4.06. The maximum atomic E-state index is 11.2. The van der Waals surface area contributed by atoms with Crippen molar-refractivity contribution in [3.63, 3.8) is 0 Å². The number of methoxy groups -OCH3 is 1. The molecular formula is C20H23NO5. The molecule has 1 saturated heterocycles. The van der Waals surface area contributed by atoms with Crippen LogP contribution >= 0.6 is 0 Å². The zero-order chi connectivity index (χ0) is 18.2. The molecule has 0 saturated carbocycles. The normalized spacial score (nSPS) is 16.8. The molecule has 0 aliphatic carbocycles. The first kappa shape index (κ1) is 18.2. The predicted octanol–water partition coefficient (Wildman–Crippen LogP) is 2.48. The fourth-order valence-corrected chi connectivity index (χ4v) is 2.69. The van der Waals surface area contributed by atoms with Crippen molar-refractivity contribution in [1.29, 1.82) is 0 Å². The lowest BCUT2D eigenvalue weighted by Crippen LogP contribution is -2.38. The van der Waals surface area contributed by atoms with Crippen LogP contribution in [0.4, 0.5) is 0 Å². The van der Waals surface area contributed by atoms with Crippen LogP contribution in [0.25, 0.3) is 0 Å². The number of benzene rings is 2. The molecule has 0 spiro atoms. The van der Waals surface area contributed by atoms with Gasteiger partial charge in [-0.1, -0.05) is 36.4 Å². The Kier molecular flexibility index (Phi) is 6.46. The van der Waals surface area contributed by atoms with Crippen LogP contribution in [0.2, 0.25) is 0 Å². The number of carbonyl (C=O) groups excluding carboxylic acids is 1. The summed E-state index contributed by atoms with van der Waals surface area (Å²) in [6.07, 6.45) is -0.185. The van der Waals surface area contributed by atoms with Gasteiger partial charge in [-0.2, -0.15) is 0 Å². The fourth-order valence-electron chi connectivity index (χ4n) is 2.69. The first-order valence-electron chi connectivity index (χ1n) is 8.57. The van der Waals surface area contributed by atoms with Gasteiger partial charge in [-0.3, -0.25) is 4.79 Å². The van der Waals surface area contributed by atoms with Gasteiger partial charge in [0.05, 0.1) is 20.3 Å². The standard InChI is InChI=1S/C20H23NO5/c1-23-17-8-7-16(19-12-21-20(22)14-26-19)11-18(17)25-10-9-24-13-15-5-3-2-4-6-15/h2-8,11,19H,9-10,12-14H2,1H3,(H,21,22). The summed E-state index contributed by atoms with van der Waals surface area (Å²) < 4.78 is 22.4. The van der Waals surface area contributed by atoms with Crippen molar-refractivity contribution >= 4 is 5.91 Å². The average molecular weight is 357 g/mol. The van der Waals surface area contributed by atoms with E-state index in [0.717, 1.165) is 11.1 Å². The van der Waals surface area contributed by atoms with E-state index in [2.05, 4.69) is 5.32 Å². The number of morpholine rings is 1. The molecule has 6 nitrogen and oxygen atoms in total. The van der Waals surface area contributed by atoms with Crippen LogP contribution in [0, 0.1) is 0 Å². The largest absolute Gasteiger partial charge is 0.493 e. The van der Waals surface area contributed by atoms with Gasteiger partial charge in [-0.05, 0) is 23.3 Å². The second kappa shape index (κ2) is 9.22. The second-order valence-corrected chi connectivity index (χ2v) is 5.90. The Morgan fingerprint density at radius 2 is 1.96 bits per heavy atom. The van der Waals surface area contributed by atoms with Gasteiger partial charge >= 0.3 is 0 Å². The van der Waals surface area contributed by atoms with Gasteiger partial charge in [0.2, 0.25) is 5.91 Å². The van der Waals surface area contributed by atoms with E-state index in [1.165, 1.54) is 0 Å². The van der Waals surface area contributed by atoms with E-state index in [9.17, 15) is 4.79 Å². The number of hydrogen-bond acceptors (Lipinski definition) is 5. The van der Waals surface area contributed by atoms with Crippen molar-refractivity contribution in [3.05, 3.63) is 59.7 Å². The molecule has 3 rings (SSSR count). The maximum absolute atomic E-state index is 11.2. The highest BCUT2D eigenvalue weighted by Gasteiger charge is 2.21. The van der Waals surface area contributed by atoms with E-state index in [1.807, 2.05) is 48.5 Å². The molecule has 1 unspecified atom stereocenters. The third kappa shape index (κ3) is 4.97. The Bertz CT molecular complexity index is 709. The van der Waals surface area contributed by atoms with Crippen LogP contribution in [-0.4, -0.2) is 39.4 Å². The topological polar surface area (TPSA) is 66.0 Å². The number of rotatable bonds is 8. The van der Waals surface area contributed by atoms with Gasteiger partial charge in [0.1, 0.15) is 19.3 Å². The number of ether oxygens (including phenoxy) is 4. The minimum Gasteiger partial charge on any atom is -0.493 e. The Morgan fingerprint density at radius 3 is 2.69 bits per heavy atom. The monoisotopic (exact) mass is 357 g/mol. The summed E-state index contributed by atoms with van der Waals surface area (Å²) in [6.45, 7) is 1.95. The van der Waals surface area contributed by atoms with Gasteiger partial charge in [0.15, 0.2) is 11.5 Å². The molecule has 2 aromatic rings. The zero-order valence-electron chi connectivity index (χ0n) is 14.8. The van der Waals surface area contributed by atoms with Crippen LogP contribution < -0.4 is 14.8 Å².